The van der Waals surface area contributed by atoms with Gasteiger partial charge in [0.2, 0.25) is 0 Å². The van der Waals surface area contributed by atoms with Gasteiger partial charge in [0.05, 0.1) is 0 Å². The molecule has 3 aromatic rings. The molecule has 0 amide bonds. The summed E-state index contributed by atoms with van der Waals surface area (Å²) in [4.78, 5) is 0. The SMILES string of the molecule is Fc1cc(-c2ccccc2)c(F)cc1-c1ccccc1. The second-order valence-corrected chi connectivity index (χ2v) is 4.54. The first-order valence-corrected chi connectivity index (χ1v) is 6.35. The Hall–Kier alpha value is -2.48. The summed E-state index contributed by atoms with van der Waals surface area (Å²) in [6.07, 6.45) is 0. The number of benzene rings is 3. The molecule has 0 spiro atoms. The smallest absolute Gasteiger partial charge is 0.131 e. The van der Waals surface area contributed by atoms with E-state index in [2.05, 4.69) is 0 Å². The van der Waals surface area contributed by atoms with E-state index < -0.39 is 11.6 Å². The number of rotatable bonds is 2. The van der Waals surface area contributed by atoms with Crippen molar-refractivity contribution in [3.8, 4) is 22.3 Å². The molecular weight excluding hydrogens is 254 g/mol. The first-order valence-electron chi connectivity index (χ1n) is 6.35. The van der Waals surface area contributed by atoms with E-state index in [0.717, 1.165) is 0 Å². The summed E-state index contributed by atoms with van der Waals surface area (Å²) >= 11 is 0. The van der Waals surface area contributed by atoms with Crippen molar-refractivity contribution in [3.05, 3.63) is 84.4 Å². The Labute approximate surface area is 116 Å². The van der Waals surface area contributed by atoms with E-state index in [1.165, 1.54) is 12.1 Å². The third kappa shape index (κ3) is 2.32. The monoisotopic (exact) mass is 266 g/mol. The predicted octanol–water partition coefficient (Wildman–Crippen LogP) is 5.30. The van der Waals surface area contributed by atoms with E-state index in [0.29, 0.717) is 11.1 Å². The molecule has 0 unspecified atom stereocenters. The van der Waals surface area contributed by atoms with E-state index in [9.17, 15) is 8.78 Å². The minimum absolute atomic E-state index is 0.280. The van der Waals surface area contributed by atoms with Crippen LogP contribution >= 0.6 is 0 Å². The summed E-state index contributed by atoms with van der Waals surface area (Å²) in [6.45, 7) is 0. The Balaban J connectivity index is 2.13. The van der Waals surface area contributed by atoms with E-state index in [-0.39, 0.29) is 11.1 Å². The molecular formula is C18H12F2. The molecule has 0 aliphatic heterocycles. The maximum atomic E-state index is 14.2. The van der Waals surface area contributed by atoms with Gasteiger partial charge in [0.15, 0.2) is 0 Å². The van der Waals surface area contributed by atoms with Crippen molar-refractivity contribution in [2.45, 2.75) is 0 Å². The number of hydrogen-bond donors (Lipinski definition) is 0. The molecule has 0 saturated carbocycles. The zero-order valence-corrected chi connectivity index (χ0v) is 10.7. The first kappa shape index (κ1) is 12.5. The fraction of sp³-hybridized carbons (Fsp3) is 0. The van der Waals surface area contributed by atoms with Crippen LogP contribution in [0, 0.1) is 11.6 Å². The third-order valence-corrected chi connectivity index (χ3v) is 3.23. The standard InChI is InChI=1S/C18H12F2/c19-17-12-16(14-9-5-2-6-10-14)18(20)11-15(17)13-7-3-1-4-8-13/h1-12H. The van der Waals surface area contributed by atoms with E-state index in [1.54, 1.807) is 48.5 Å². The topological polar surface area (TPSA) is 0 Å². The largest absolute Gasteiger partial charge is 0.206 e. The van der Waals surface area contributed by atoms with E-state index >= 15 is 0 Å². The molecule has 0 aromatic heterocycles. The summed E-state index contributed by atoms with van der Waals surface area (Å²) in [5.74, 6) is -0.840. The van der Waals surface area contributed by atoms with Crippen molar-refractivity contribution < 1.29 is 8.78 Å². The second kappa shape index (κ2) is 5.25. The zero-order chi connectivity index (χ0) is 13.9. The summed E-state index contributed by atoms with van der Waals surface area (Å²) < 4.78 is 28.5. The van der Waals surface area contributed by atoms with Crippen LogP contribution in [0.3, 0.4) is 0 Å². The maximum Gasteiger partial charge on any atom is 0.131 e. The van der Waals surface area contributed by atoms with Gasteiger partial charge in [-0.05, 0) is 23.3 Å². The summed E-state index contributed by atoms with van der Waals surface area (Å²) in [5, 5.41) is 0. The third-order valence-electron chi connectivity index (χ3n) is 3.23. The van der Waals surface area contributed by atoms with Crippen LogP contribution in [0.1, 0.15) is 0 Å². The van der Waals surface area contributed by atoms with Crippen LogP contribution in [0.5, 0.6) is 0 Å². The minimum atomic E-state index is -0.420. The van der Waals surface area contributed by atoms with Gasteiger partial charge < -0.3 is 0 Å². The van der Waals surface area contributed by atoms with Crippen molar-refractivity contribution in [1.29, 1.82) is 0 Å². The van der Waals surface area contributed by atoms with Crippen LogP contribution in [-0.4, -0.2) is 0 Å². The first-order chi connectivity index (χ1) is 9.75. The average molecular weight is 266 g/mol. The highest BCUT2D eigenvalue weighted by molar-refractivity contribution is 5.71. The van der Waals surface area contributed by atoms with Crippen molar-refractivity contribution in [3.63, 3.8) is 0 Å². The number of halogens is 2. The summed E-state index contributed by atoms with van der Waals surface area (Å²) in [7, 11) is 0. The van der Waals surface area contributed by atoms with Gasteiger partial charge in [0.25, 0.3) is 0 Å². The second-order valence-electron chi connectivity index (χ2n) is 4.54. The van der Waals surface area contributed by atoms with Crippen LogP contribution in [0.25, 0.3) is 22.3 Å². The van der Waals surface area contributed by atoms with Gasteiger partial charge in [-0.1, -0.05) is 60.7 Å². The molecule has 0 bridgehead atoms. The minimum Gasteiger partial charge on any atom is -0.206 e. The lowest BCUT2D eigenvalue weighted by Crippen LogP contribution is -1.91. The van der Waals surface area contributed by atoms with Gasteiger partial charge in [-0.25, -0.2) is 8.78 Å². The molecule has 0 fully saturated rings. The highest BCUT2D eigenvalue weighted by atomic mass is 19.1. The molecule has 3 rings (SSSR count). The lowest BCUT2D eigenvalue weighted by Gasteiger charge is -2.08. The van der Waals surface area contributed by atoms with Crippen molar-refractivity contribution >= 4 is 0 Å². The Morgan fingerprint density at radius 3 is 1.20 bits per heavy atom. The highest BCUT2D eigenvalue weighted by Gasteiger charge is 2.12. The molecule has 98 valence electrons. The van der Waals surface area contributed by atoms with Crippen LogP contribution in [0.4, 0.5) is 8.78 Å². The Kier molecular flexibility index (Phi) is 3.30. The Morgan fingerprint density at radius 2 is 0.850 bits per heavy atom. The molecule has 0 aliphatic carbocycles. The lowest BCUT2D eigenvalue weighted by atomic mass is 9.99. The molecule has 0 heterocycles. The van der Waals surface area contributed by atoms with Crippen LogP contribution in [0.15, 0.2) is 72.8 Å². The van der Waals surface area contributed by atoms with Crippen molar-refractivity contribution in [1.82, 2.24) is 0 Å². The molecule has 0 aliphatic rings. The van der Waals surface area contributed by atoms with E-state index in [1.807, 2.05) is 12.1 Å². The normalized spacial score (nSPS) is 10.5. The van der Waals surface area contributed by atoms with Gasteiger partial charge >= 0.3 is 0 Å². The van der Waals surface area contributed by atoms with Gasteiger partial charge in [-0.15, -0.1) is 0 Å². The number of hydrogen-bond acceptors (Lipinski definition) is 0. The average Bonchev–Trinajstić information content (AvgIpc) is 2.51. The molecule has 0 saturated heterocycles. The molecule has 0 radical (unpaired) electrons. The highest BCUT2D eigenvalue weighted by Crippen LogP contribution is 2.30. The van der Waals surface area contributed by atoms with Gasteiger partial charge in [0.1, 0.15) is 11.6 Å². The molecule has 0 nitrogen and oxygen atoms in total. The molecule has 2 heteroatoms. The Morgan fingerprint density at radius 1 is 0.500 bits per heavy atom. The molecule has 20 heavy (non-hydrogen) atoms. The summed E-state index contributed by atoms with van der Waals surface area (Å²) in [5.41, 5.74) is 1.90. The van der Waals surface area contributed by atoms with Crippen molar-refractivity contribution in [2.24, 2.45) is 0 Å². The van der Waals surface area contributed by atoms with Crippen LogP contribution in [-0.2, 0) is 0 Å². The van der Waals surface area contributed by atoms with Crippen LogP contribution in [0.2, 0.25) is 0 Å². The maximum absolute atomic E-state index is 14.2. The quantitative estimate of drug-likeness (QED) is 0.590. The lowest BCUT2D eigenvalue weighted by molar-refractivity contribution is 0.606. The fourth-order valence-electron chi connectivity index (χ4n) is 2.22. The van der Waals surface area contributed by atoms with Crippen LogP contribution < -0.4 is 0 Å². The molecule has 3 aromatic carbocycles. The van der Waals surface area contributed by atoms with Gasteiger partial charge in [-0.2, -0.15) is 0 Å². The summed E-state index contributed by atoms with van der Waals surface area (Å²) in [6, 6.07) is 20.5. The van der Waals surface area contributed by atoms with Gasteiger partial charge in [0, 0.05) is 11.1 Å². The zero-order valence-electron chi connectivity index (χ0n) is 10.7. The molecule has 0 atom stereocenters. The molecule has 0 N–H and O–H groups in total. The van der Waals surface area contributed by atoms with Gasteiger partial charge in [-0.3, -0.25) is 0 Å². The fourth-order valence-corrected chi connectivity index (χ4v) is 2.22. The predicted molar refractivity (Wildman–Crippen MR) is 77.2 cm³/mol. The Bertz CT molecular complexity index is 654. The van der Waals surface area contributed by atoms with E-state index in [4.69, 9.17) is 0 Å². The van der Waals surface area contributed by atoms with Crippen molar-refractivity contribution in [2.75, 3.05) is 0 Å².